The van der Waals surface area contributed by atoms with Gasteiger partial charge in [-0.25, -0.2) is 4.74 Å². The van der Waals surface area contributed by atoms with E-state index in [9.17, 15) is 43.5 Å². The third-order valence-electron chi connectivity index (χ3n) is 2.25. The smallest absolute Gasteiger partial charge is 0.426 e. The fourth-order valence-electron chi connectivity index (χ4n) is 1.13. The summed E-state index contributed by atoms with van der Waals surface area (Å²) in [6.45, 7) is 0. The van der Waals surface area contributed by atoms with E-state index < -0.39 is 39.4 Å². The number of para-hydroxylation sites is 1. The van der Waals surface area contributed by atoms with E-state index in [1.54, 1.807) is 0 Å². The van der Waals surface area contributed by atoms with Crippen molar-refractivity contribution in [3.8, 4) is 5.75 Å². The summed E-state index contributed by atoms with van der Waals surface area (Å²) in [5.74, 6) is -0.962. The van der Waals surface area contributed by atoms with Crippen LogP contribution in [-0.2, 0) is 14.9 Å². The van der Waals surface area contributed by atoms with Crippen molar-refractivity contribution in [2.75, 3.05) is 0 Å². The molecule has 0 saturated heterocycles. The first-order chi connectivity index (χ1) is 10.5. The van der Waals surface area contributed by atoms with E-state index in [2.05, 4.69) is 4.74 Å². The van der Waals surface area contributed by atoms with Crippen molar-refractivity contribution in [2.45, 2.75) is 23.6 Å². The average Bonchev–Trinajstić information content (AvgIpc) is 2.36. The maximum atomic E-state index is 13.2. The van der Waals surface area contributed by atoms with Crippen molar-refractivity contribution in [1.29, 1.82) is 0 Å². The van der Waals surface area contributed by atoms with Crippen molar-refractivity contribution in [3.05, 3.63) is 30.3 Å². The second-order valence-corrected chi connectivity index (χ2v) is 5.52. The van der Waals surface area contributed by atoms with E-state index in [-0.39, 0.29) is 0 Å². The molecular weight excluding hydrogens is 384 g/mol. The molecule has 14 heteroatoms. The zero-order chi connectivity index (χ0) is 19.0. The summed E-state index contributed by atoms with van der Waals surface area (Å²) in [7, 11) is -6.96. The number of halogens is 8. The molecular formula is C10H6F8O5S. The Hall–Kier alpha value is -1.67. The van der Waals surface area contributed by atoms with Crippen LogP contribution in [0.3, 0.4) is 0 Å². The van der Waals surface area contributed by atoms with Gasteiger partial charge in [-0.05, 0) is 12.1 Å². The van der Waals surface area contributed by atoms with E-state index in [4.69, 9.17) is 4.55 Å². The van der Waals surface area contributed by atoms with Crippen LogP contribution in [0.25, 0.3) is 0 Å². The minimum absolute atomic E-state index is 0.703. The number of hydrogen-bond donors (Lipinski definition) is 1. The second-order valence-electron chi connectivity index (χ2n) is 4.06. The van der Waals surface area contributed by atoms with Gasteiger partial charge in [-0.1, -0.05) is 18.2 Å². The van der Waals surface area contributed by atoms with Crippen LogP contribution in [0.2, 0.25) is 0 Å². The highest BCUT2D eigenvalue weighted by molar-refractivity contribution is 7.86. The monoisotopic (exact) mass is 390 g/mol. The third kappa shape index (κ3) is 3.87. The van der Waals surface area contributed by atoms with Crippen LogP contribution >= 0.6 is 0 Å². The average molecular weight is 390 g/mol. The molecule has 138 valence electrons. The third-order valence-corrected chi connectivity index (χ3v) is 3.13. The first kappa shape index (κ1) is 20.4. The van der Waals surface area contributed by atoms with Crippen LogP contribution in [0.5, 0.6) is 5.75 Å². The topological polar surface area (TPSA) is 72.8 Å². The van der Waals surface area contributed by atoms with E-state index in [0.29, 0.717) is 12.1 Å². The number of alkyl halides is 8. The van der Waals surface area contributed by atoms with Gasteiger partial charge in [-0.15, -0.1) is 0 Å². The van der Waals surface area contributed by atoms with E-state index in [1.807, 2.05) is 4.74 Å². The van der Waals surface area contributed by atoms with Crippen LogP contribution in [0.4, 0.5) is 35.1 Å². The zero-order valence-electron chi connectivity index (χ0n) is 10.9. The molecule has 0 aliphatic rings. The second kappa shape index (κ2) is 6.00. The standard InChI is InChI=1S/C10H6F8O5S/c11-7(12,22-6-4-2-1-3-5-6)8(13,14)23-9(15,16)10(17,18)24(19,20)21/h1-5H,(H,19,20,21). The number of benzene rings is 1. The zero-order valence-corrected chi connectivity index (χ0v) is 11.7. The molecule has 1 aromatic carbocycles. The van der Waals surface area contributed by atoms with Gasteiger partial charge < -0.3 is 4.74 Å². The summed E-state index contributed by atoms with van der Waals surface area (Å²) in [6, 6.07) is 4.72. The van der Waals surface area contributed by atoms with Crippen molar-refractivity contribution >= 4 is 10.1 Å². The van der Waals surface area contributed by atoms with Crippen molar-refractivity contribution in [2.24, 2.45) is 0 Å². The lowest BCUT2D eigenvalue weighted by molar-refractivity contribution is -0.484. The summed E-state index contributed by atoms with van der Waals surface area (Å²) in [5, 5.41) is -6.63. The van der Waals surface area contributed by atoms with Crippen molar-refractivity contribution < 1.29 is 57.6 Å². The predicted octanol–water partition coefficient (Wildman–Crippen LogP) is 3.34. The van der Waals surface area contributed by atoms with Crippen molar-refractivity contribution in [1.82, 2.24) is 0 Å². The highest BCUT2D eigenvalue weighted by Crippen LogP contribution is 2.47. The van der Waals surface area contributed by atoms with Gasteiger partial charge in [0.15, 0.2) is 0 Å². The summed E-state index contributed by atoms with van der Waals surface area (Å²) in [6.07, 6.45) is -19.0. The molecule has 0 radical (unpaired) electrons. The Balaban J connectivity index is 3.10. The molecule has 0 aliphatic carbocycles. The summed E-state index contributed by atoms with van der Waals surface area (Å²) in [5.41, 5.74) is 0. The fraction of sp³-hybridized carbons (Fsp3) is 0.400. The van der Waals surface area contributed by atoms with Gasteiger partial charge in [-0.3, -0.25) is 4.55 Å². The van der Waals surface area contributed by atoms with Crippen LogP contribution < -0.4 is 4.74 Å². The molecule has 24 heavy (non-hydrogen) atoms. The summed E-state index contributed by atoms with van der Waals surface area (Å²) in [4.78, 5) is 0. The Morgan fingerprint density at radius 1 is 0.792 bits per heavy atom. The molecule has 0 unspecified atom stereocenters. The quantitative estimate of drug-likeness (QED) is 0.571. The Labute approximate surface area is 128 Å². The van der Waals surface area contributed by atoms with Crippen LogP contribution in [-0.4, -0.2) is 36.6 Å². The van der Waals surface area contributed by atoms with Gasteiger partial charge in [0, 0.05) is 0 Å². The molecule has 0 saturated carbocycles. The first-order valence-corrected chi connectivity index (χ1v) is 6.90. The lowest BCUT2D eigenvalue weighted by Crippen LogP contribution is -2.57. The largest absolute Gasteiger partial charge is 0.494 e. The molecule has 0 spiro atoms. The summed E-state index contributed by atoms with van der Waals surface area (Å²) < 4.78 is 137. The minimum Gasteiger partial charge on any atom is -0.426 e. The molecule has 0 atom stereocenters. The minimum atomic E-state index is -6.96. The lowest BCUT2D eigenvalue weighted by Gasteiger charge is -2.31. The van der Waals surface area contributed by atoms with Crippen LogP contribution in [0.15, 0.2) is 30.3 Å². The van der Waals surface area contributed by atoms with E-state index in [1.165, 1.54) is 6.07 Å². The normalized spacial score (nSPS) is 14.5. The molecule has 1 aromatic rings. The van der Waals surface area contributed by atoms with Crippen LogP contribution in [0, 0.1) is 0 Å². The van der Waals surface area contributed by atoms with Gasteiger partial charge in [0.25, 0.3) is 0 Å². The molecule has 0 amide bonds. The number of ether oxygens (including phenoxy) is 2. The molecule has 0 fully saturated rings. The van der Waals surface area contributed by atoms with Gasteiger partial charge in [0.05, 0.1) is 0 Å². The highest BCUT2D eigenvalue weighted by Gasteiger charge is 2.75. The fourth-order valence-corrected chi connectivity index (χ4v) is 1.47. The SMILES string of the molecule is O=S(=O)(O)C(F)(F)C(F)(F)OC(F)(F)C(F)(F)Oc1ccccc1. The van der Waals surface area contributed by atoms with Gasteiger partial charge in [-0.2, -0.15) is 43.5 Å². The molecule has 5 nitrogen and oxygen atoms in total. The molecule has 0 aliphatic heterocycles. The van der Waals surface area contributed by atoms with Crippen molar-refractivity contribution in [3.63, 3.8) is 0 Å². The molecule has 1 rings (SSSR count). The first-order valence-electron chi connectivity index (χ1n) is 5.46. The summed E-state index contributed by atoms with van der Waals surface area (Å²) >= 11 is 0. The number of rotatable bonds is 7. The lowest BCUT2D eigenvalue weighted by atomic mass is 10.3. The maximum absolute atomic E-state index is 13.2. The Kier molecular flexibility index (Phi) is 5.09. The van der Waals surface area contributed by atoms with Gasteiger partial charge in [0.1, 0.15) is 5.75 Å². The van der Waals surface area contributed by atoms with E-state index >= 15 is 0 Å². The van der Waals surface area contributed by atoms with Gasteiger partial charge >= 0.3 is 33.7 Å². The van der Waals surface area contributed by atoms with Crippen LogP contribution in [0.1, 0.15) is 0 Å². The highest BCUT2D eigenvalue weighted by atomic mass is 32.2. The van der Waals surface area contributed by atoms with Gasteiger partial charge in [0.2, 0.25) is 0 Å². The number of hydrogen-bond acceptors (Lipinski definition) is 4. The van der Waals surface area contributed by atoms with E-state index in [0.717, 1.165) is 12.1 Å². The predicted molar refractivity (Wildman–Crippen MR) is 59.5 cm³/mol. The molecule has 1 N–H and O–H groups in total. The molecule has 0 aromatic heterocycles. The Morgan fingerprint density at radius 2 is 1.25 bits per heavy atom. The molecule has 0 bridgehead atoms. The molecule has 0 heterocycles. The Morgan fingerprint density at radius 3 is 1.67 bits per heavy atom. The Bertz CT molecular complexity index is 676. The maximum Gasteiger partial charge on any atom is 0.494 e.